The first-order valence-corrected chi connectivity index (χ1v) is 3.86. The molecule has 3 nitrogen and oxygen atoms in total. The summed E-state index contributed by atoms with van der Waals surface area (Å²) in [6.45, 7) is 0. The van der Waals surface area contributed by atoms with E-state index >= 15 is 0 Å². The van der Waals surface area contributed by atoms with Crippen molar-refractivity contribution in [2.45, 2.75) is 0 Å². The van der Waals surface area contributed by atoms with Crippen LogP contribution in [0.5, 0.6) is 0 Å². The molecule has 0 spiro atoms. The van der Waals surface area contributed by atoms with Crippen molar-refractivity contribution in [1.82, 2.24) is 0 Å². The molecule has 0 aliphatic heterocycles. The van der Waals surface area contributed by atoms with Crippen molar-refractivity contribution in [1.29, 1.82) is 0 Å². The van der Waals surface area contributed by atoms with Gasteiger partial charge in [-0.15, -0.1) is 0 Å². The van der Waals surface area contributed by atoms with Crippen molar-refractivity contribution >= 4 is 17.9 Å². The largest absolute Gasteiger partial charge is 0.295 e. The van der Waals surface area contributed by atoms with Crippen LogP contribution in [-0.2, 0) is 4.28 Å². The second-order valence-corrected chi connectivity index (χ2v) is 2.89. The van der Waals surface area contributed by atoms with Crippen LogP contribution in [0.4, 0.5) is 5.69 Å². The summed E-state index contributed by atoms with van der Waals surface area (Å²) in [7, 11) is 1.88. The molecule has 0 saturated heterocycles. The van der Waals surface area contributed by atoms with Crippen LogP contribution < -0.4 is 10.2 Å². The fraction of sp³-hybridized carbons (Fsp3) is 0.143. The summed E-state index contributed by atoms with van der Waals surface area (Å²) in [5.74, 6) is 4.89. The van der Waals surface area contributed by atoms with Crippen LogP contribution in [0.15, 0.2) is 30.3 Å². The van der Waals surface area contributed by atoms with Crippen molar-refractivity contribution < 1.29 is 4.28 Å². The van der Waals surface area contributed by atoms with E-state index in [9.17, 15) is 0 Å². The molecule has 0 fully saturated rings. The number of hydrogen-bond acceptors (Lipinski definition) is 4. The third-order valence-electron chi connectivity index (χ3n) is 1.27. The molecular formula is C7H10N2OS. The first-order valence-electron chi connectivity index (χ1n) is 3.17. The van der Waals surface area contributed by atoms with Gasteiger partial charge in [0.05, 0.1) is 0 Å². The van der Waals surface area contributed by atoms with Gasteiger partial charge in [0.2, 0.25) is 0 Å². The Balaban J connectivity index is 2.61. The van der Waals surface area contributed by atoms with Gasteiger partial charge in [0.15, 0.2) is 0 Å². The molecule has 1 aromatic rings. The fourth-order valence-corrected chi connectivity index (χ4v) is 1.08. The van der Waals surface area contributed by atoms with Crippen molar-refractivity contribution in [3.63, 3.8) is 0 Å². The Morgan fingerprint density at radius 2 is 2.00 bits per heavy atom. The first-order chi connectivity index (χ1) is 5.34. The molecule has 0 aliphatic carbocycles. The maximum absolute atomic E-state index is 4.89. The Labute approximate surface area is 70.4 Å². The van der Waals surface area contributed by atoms with E-state index in [1.807, 2.05) is 41.7 Å². The zero-order valence-electron chi connectivity index (χ0n) is 6.23. The van der Waals surface area contributed by atoms with Gasteiger partial charge in [0, 0.05) is 12.7 Å². The fourth-order valence-electron chi connectivity index (χ4n) is 0.746. The summed E-state index contributed by atoms with van der Waals surface area (Å²) in [6, 6.07) is 9.84. The van der Waals surface area contributed by atoms with Gasteiger partial charge in [-0.2, -0.15) is 0 Å². The summed E-state index contributed by atoms with van der Waals surface area (Å²) in [5, 5.41) is 0. The third kappa shape index (κ3) is 2.42. The zero-order chi connectivity index (χ0) is 8.10. The second kappa shape index (κ2) is 4.23. The molecule has 0 radical (unpaired) electrons. The van der Waals surface area contributed by atoms with Crippen LogP contribution in [-0.4, -0.2) is 7.05 Å². The Morgan fingerprint density at radius 1 is 1.36 bits per heavy atom. The van der Waals surface area contributed by atoms with Crippen LogP contribution in [0.2, 0.25) is 0 Å². The van der Waals surface area contributed by atoms with E-state index in [1.54, 1.807) is 0 Å². The molecule has 11 heavy (non-hydrogen) atoms. The number of hydrogen-bond donors (Lipinski definition) is 1. The average molecular weight is 170 g/mol. The lowest BCUT2D eigenvalue weighted by atomic mass is 10.3. The van der Waals surface area contributed by atoms with Crippen molar-refractivity contribution in [2.75, 3.05) is 11.4 Å². The molecule has 0 amide bonds. The van der Waals surface area contributed by atoms with Gasteiger partial charge >= 0.3 is 0 Å². The second-order valence-electron chi connectivity index (χ2n) is 2.00. The normalized spacial score (nSPS) is 9.64. The Bertz CT molecular complexity index is 205. The van der Waals surface area contributed by atoms with E-state index in [2.05, 4.69) is 4.28 Å². The van der Waals surface area contributed by atoms with E-state index in [-0.39, 0.29) is 0 Å². The molecular weight excluding hydrogens is 160 g/mol. The van der Waals surface area contributed by atoms with Gasteiger partial charge in [-0.25, -0.2) is 10.2 Å². The SMILES string of the molecule is CN(SON)c1ccccc1. The smallest absolute Gasteiger partial charge is 0.135 e. The highest BCUT2D eigenvalue weighted by molar-refractivity contribution is 7.96. The maximum atomic E-state index is 4.89. The number of benzene rings is 1. The van der Waals surface area contributed by atoms with E-state index in [0.29, 0.717) is 0 Å². The molecule has 0 aromatic heterocycles. The maximum Gasteiger partial charge on any atom is 0.135 e. The van der Waals surface area contributed by atoms with Crippen molar-refractivity contribution in [3.8, 4) is 0 Å². The molecule has 1 aromatic carbocycles. The van der Waals surface area contributed by atoms with Crippen LogP contribution in [0.3, 0.4) is 0 Å². The van der Waals surface area contributed by atoms with Gasteiger partial charge in [0.1, 0.15) is 12.2 Å². The van der Waals surface area contributed by atoms with Gasteiger partial charge in [-0.05, 0) is 12.1 Å². The molecule has 1 rings (SSSR count). The van der Waals surface area contributed by atoms with Gasteiger partial charge in [0.25, 0.3) is 0 Å². The summed E-state index contributed by atoms with van der Waals surface area (Å²) in [6.07, 6.45) is 0. The minimum Gasteiger partial charge on any atom is -0.295 e. The van der Waals surface area contributed by atoms with Gasteiger partial charge < -0.3 is 0 Å². The lowest BCUT2D eigenvalue weighted by Crippen LogP contribution is -2.08. The monoisotopic (exact) mass is 170 g/mol. The summed E-state index contributed by atoms with van der Waals surface area (Å²) >= 11 is 1.10. The molecule has 2 N–H and O–H groups in total. The standard InChI is InChI=1S/C7H10N2OS/c1-9(11-10-8)7-5-3-2-4-6-7/h2-6H,8H2,1H3. The summed E-state index contributed by atoms with van der Waals surface area (Å²) < 4.78 is 6.23. The van der Waals surface area contributed by atoms with E-state index in [0.717, 1.165) is 17.9 Å². The predicted molar refractivity (Wildman–Crippen MR) is 47.7 cm³/mol. The molecule has 0 saturated carbocycles. The Morgan fingerprint density at radius 3 is 2.55 bits per heavy atom. The van der Waals surface area contributed by atoms with Crippen LogP contribution >= 0.6 is 12.2 Å². The lowest BCUT2D eigenvalue weighted by molar-refractivity contribution is 0.397. The topological polar surface area (TPSA) is 38.5 Å². The molecule has 0 atom stereocenters. The number of anilines is 1. The first kappa shape index (κ1) is 8.39. The number of nitrogens with zero attached hydrogens (tertiary/aromatic N) is 1. The third-order valence-corrected chi connectivity index (χ3v) is 1.80. The summed E-state index contributed by atoms with van der Waals surface area (Å²) in [4.78, 5) is 0. The van der Waals surface area contributed by atoms with E-state index in [4.69, 9.17) is 5.90 Å². The molecule has 0 unspecified atom stereocenters. The molecule has 4 heteroatoms. The minimum atomic E-state index is 1.06. The predicted octanol–water partition coefficient (Wildman–Crippen LogP) is 1.58. The van der Waals surface area contributed by atoms with Gasteiger partial charge in [-0.3, -0.25) is 4.31 Å². The molecule has 0 bridgehead atoms. The lowest BCUT2D eigenvalue weighted by Gasteiger charge is -2.13. The van der Waals surface area contributed by atoms with Crippen LogP contribution in [0.1, 0.15) is 0 Å². The highest BCUT2D eigenvalue weighted by Crippen LogP contribution is 2.18. The van der Waals surface area contributed by atoms with Crippen LogP contribution in [0, 0.1) is 0 Å². The molecule has 60 valence electrons. The number of para-hydroxylation sites is 1. The van der Waals surface area contributed by atoms with Crippen LogP contribution in [0.25, 0.3) is 0 Å². The van der Waals surface area contributed by atoms with E-state index in [1.165, 1.54) is 0 Å². The summed E-state index contributed by atoms with van der Waals surface area (Å²) in [5.41, 5.74) is 1.06. The highest BCUT2D eigenvalue weighted by Gasteiger charge is 1.98. The average Bonchev–Trinajstić information content (AvgIpc) is 2.07. The molecule has 0 aliphatic rings. The Kier molecular flexibility index (Phi) is 3.22. The Hall–Kier alpha value is -0.710. The molecule has 0 heterocycles. The van der Waals surface area contributed by atoms with Gasteiger partial charge in [-0.1, -0.05) is 18.2 Å². The van der Waals surface area contributed by atoms with E-state index < -0.39 is 0 Å². The minimum absolute atomic E-state index is 1.06. The van der Waals surface area contributed by atoms with Crippen molar-refractivity contribution in [3.05, 3.63) is 30.3 Å². The zero-order valence-corrected chi connectivity index (χ0v) is 7.04. The quantitative estimate of drug-likeness (QED) is 0.424. The number of nitrogens with two attached hydrogens (primary N) is 1. The number of rotatable bonds is 3. The van der Waals surface area contributed by atoms with Crippen molar-refractivity contribution in [2.24, 2.45) is 5.90 Å². The highest BCUT2D eigenvalue weighted by atomic mass is 32.2.